The average molecular weight is 761 g/mol. The van der Waals surface area contributed by atoms with Crippen molar-refractivity contribution in [3.05, 3.63) is 11.1 Å². The van der Waals surface area contributed by atoms with Crippen LogP contribution in [0.2, 0.25) is 0 Å². The van der Waals surface area contributed by atoms with Crippen LogP contribution >= 0.6 is 0 Å². The molecular formula is C37H60O16. The lowest BCUT2D eigenvalue weighted by Crippen LogP contribution is -2.65. The van der Waals surface area contributed by atoms with Crippen LogP contribution in [0.25, 0.3) is 0 Å². The zero-order valence-corrected chi connectivity index (χ0v) is 30.5. The highest BCUT2D eigenvalue weighted by Gasteiger charge is 2.55. The van der Waals surface area contributed by atoms with Crippen LogP contribution in [0.15, 0.2) is 11.1 Å². The van der Waals surface area contributed by atoms with Gasteiger partial charge in [0.1, 0.15) is 73.2 Å². The Hall–Kier alpha value is -0.900. The fourth-order valence-electron chi connectivity index (χ4n) is 10.7. The molecule has 304 valence electrons. The van der Waals surface area contributed by atoms with Crippen LogP contribution in [0.1, 0.15) is 78.1 Å². The number of ether oxygens (including phenoxy) is 6. The summed E-state index contributed by atoms with van der Waals surface area (Å²) in [5, 5.41) is 104. The van der Waals surface area contributed by atoms with Crippen molar-refractivity contribution in [2.45, 2.75) is 176 Å². The molecule has 3 saturated heterocycles. The Morgan fingerprint density at radius 1 is 0.623 bits per heavy atom. The van der Waals surface area contributed by atoms with Crippen molar-refractivity contribution in [1.29, 1.82) is 0 Å². The Morgan fingerprint density at radius 2 is 1.25 bits per heavy atom. The maximum Gasteiger partial charge on any atom is 0.187 e. The summed E-state index contributed by atoms with van der Waals surface area (Å²) in [7, 11) is 0. The third-order valence-corrected chi connectivity index (χ3v) is 14.1. The molecule has 16 nitrogen and oxygen atoms in total. The number of fused-ring (bicyclic) bond motifs is 4. The lowest BCUT2D eigenvalue weighted by molar-refractivity contribution is -0.377. The highest BCUT2D eigenvalue weighted by Crippen LogP contribution is 2.63. The van der Waals surface area contributed by atoms with E-state index in [4.69, 9.17) is 28.4 Å². The minimum atomic E-state index is -1.79. The number of rotatable bonds is 9. The van der Waals surface area contributed by atoms with Crippen molar-refractivity contribution in [3.63, 3.8) is 0 Å². The summed E-state index contributed by atoms with van der Waals surface area (Å²) in [6, 6.07) is 0. The number of allylic oxidation sites excluding steroid dienone is 2. The van der Waals surface area contributed by atoms with Crippen LogP contribution in [0.5, 0.6) is 0 Å². The topological polar surface area (TPSA) is 258 Å². The molecule has 3 heterocycles. The van der Waals surface area contributed by atoms with E-state index in [0.29, 0.717) is 30.1 Å². The predicted molar refractivity (Wildman–Crippen MR) is 180 cm³/mol. The van der Waals surface area contributed by atoms with Gasteiger partial charge in [0, 0.05) is 0 Å². The van der Waals surface area contributed by atoms with E-state index in [2.05, 4.69) is 13.8 Å². The van der Waals surface area contributed by atoms with Gasteiger partial charge in [0.25, 0.3) is 0 Å². The third kappa shape index (κ3) is 7.28. The summed E-state index contributed by atoms with van der Waals surface area (Å²) < 4.78 is 35.4. The molecule has 0 aromatic carbocycles. The zero-order chi connectivity index (χ0) is 38.0. The van der Waals surface area contributed by atoms with Crippen LogP contribution in [-0.4, -0.2) is 169 Å². The second-order valence-electron chi connectivity index (χ2n) is 17.1. The second kappa shape index (κ2) is 15.8. The summed E-state index contributed by atoms with van der Waals surface area (Å²) in [5.41, 5.74) is 3.79. The van der Waals surface area contributed by atoms with Gasteiger partial charge in [-0.3, -0.25) is 0 Å². The van der Waals surface area contributed by atoms with Crippen molar-refractivity contribution >= 4 is 0 Å². The molecule has 0 spiro atoms. The van der Waals surface area contributed by atoms with E-state index in [1.165, 1.54) is 25.7 Å². The van der Waals surface area contributed by atoms with Crippen LogP contribution < -0.4 is 0 Å². The van der Waals surface area contributed by atoms with Crippen molar-refractivity contribution in [2.75, 3.05) is 19.8 Å². The molecule has 0 radical (unpaired) electrons. The van der Waals surface area contributed by atoms with E-state index in [1.807, 2.05) is 0 Å². The fraction of sp³-hybridized carbons (Fsp3) is 0.946. The summed E-state index contributed by atoms with van der Waals surface area (Å²) in [6.07, 6.45) is -13.2. The molecule has 0 amide bonds. The van der Waals surface area contributed by atoms with E-state index in [0.717, 1.165) is 25.7 Å². The molecule has 0 bridgehead atoms. The maximum absolute atomic E-state index is 11.5. The minimum Gasteiger partial charge on any atom is -0.394 e. The Balaban J connectivity index is 1.08. The molecule has 53 heavy (non-hydrogen) atoms. The van der Waals surface area contributed by atoms with Crippen molar-refractivity contribution in [3.8, 4) is 0 Å². The first-order valence-electron chi connectivity index (χ1n) is 19.5. The lowest BCUT2D eigenvalue weighted by Gasteiger charge is -2.55. The van der Waals surface area contributed by atoms with Gasteiger partial charge in [0.15, 0.2) is 18.9 Å². The molecule has 7 aliphatic rings. The van der Waals surface area contributed by atoms with E-state index in [-0.39, 0.29) is 11.5 Å². The van der Waals surface area contributed by atoms with Gasteiger partial charge in [0.05, 0.1) is 25.9 Å². The largest absolute Gasteiger partial charge is 0.394 e. The number of hydrogen-bond donors (Lipinski definition) is 10. The van der Waals surface area contributed by atoms with Gasteiger partial charge < -0.3 is 79.5 Å². The van der Waals surface area contributed by atoms with E-state index in [1.54, 1.807) is 11.1 Å². The number of hydrogen-bond acceptors (Lipinski definition) is 16. The number of aliphatic hydroxyl groups excluding tert-OH is 10. The third-order valence-electron chi connectivity index (χ3n) is 14.1. The first-order chi connectivity index (χ1) is 25.2. The quantitative estimate of drug-likeness (QED) is 0.118. The Morgan fingerprint density at radius 3 is 1.92 bits per heavy atom. The highest BCUT2D eigenvalue weighted by atomic mass is 16.8. The SMILES string of the molecule is C[C@@]12CCC[C@H]1C1=C(CC2)[C@@]2(C)CC[C@H](O[C@@H]3O[C@H](CO[C@@H]4O[C@H](CO)[C@@H](O)[C@H](O)[C@H]4O)[C@@H](O)[C@H](O)[C@H]3O[C@@H]3O[C@H](CO)[C@H](O)[C@H](O)[C@H]3O)CC2CC1. The van der Waals surface area contributed by atoms with Gasteiger partial charge in [-0.15, -0.1) is 0 Å². The first-order valence-corrected chi connectivity index (χ1v) is 19.5. The summed E-state index contributed by atoms with van der Waals surface area (Å²) >= 11 is 0. The zero-order valence-electron chi connectivity index (χ0n) is 30.5. The van der Waals surface area contributed by atoms with Crippen molar-refractivity contribution in [1.82, 2.24) is 0 Å². The van der Waals surface area contributed by atoms with Crippen LogP contribution in [0.3, 0.4) is 0 Å². The van der Waals surface area contributed by atoms with Crippen molar-refractivity contribution in [2.24, 2.45) is 22.7 Å². The van der Waals surface area contributed by atoms with Crippen LogP contribution in [-0.2, 0) is 28.4 Å². The Kier molecular flexibility index (Phi) is 12.0. The second-order valence-corrected chi connectivity index (χ2v) is 17.1. The van der Waals surface area contributed by atoms with Gasteiger partial charge in [-0.1, -0.05) is 31.4 Å². The molecule has 4 aliphatic carbocycles. The van der Waals surface area contributed by atoms with Gasteiger partial charge in [0.2, 0.25) is 0 Å². The molecule has 3 aliphatic heterocycles. The van der Waals surface area contributed by atoms with Crippen LogP contribution in [0.4, 0.5) is 0 Å². The molecule has 10 N–H and O–H groups in total. The van der Waals surface area contributed by atoms with Gasteiger partial charge in [-0.2, -0.15) is 0 Å². The molecule has 5 fully saturated rings. The predicted octanol–water partition coefficient (Wildman–Crippen LogP) is -1.68. The van der Waals surface area contributed by atoms with Crippen LogP contribution in [0, 0.1) is 22.7 Å². The molecule has 20 atom stereocenters. The van der Waals surface area contributed by atoms with Gasteiger partial charge in [-0.25, -0.2) is 0 Å². The summed E-state index contributed by atoms with van der Waals surface area (Å²) in [5.74, 6) is 1.02. The van der Waals surface area contributed by atoms with Crippen molar-refractivity contribution < 1.29 is 79.5 Å². The van der Waals surface area contributed by atoms with E-state index >= 15 is 0 Å². The highest BCUT2D eigenvalue weighted by molar-refractivity contribution is 5.33. The van der Waals surface area contributed by atoms with Gasteiger partial charge >= 0.3 is 0 Å². The summed E-state index contributed by atoms with van der Waals surface area (Å²) in [4.78, 5) is 0. The van der Waals surface area contributed by atoms with E-state index in [9.17, 15) is 51.1 Å². The average Bonchev–Trinajstić information content (AvgIpc) is 3.55. The molecule has 0 aromatic heterocycles. The van der Waals surface area contributed by atoms with E-state index < -0.39 is 112 Å². The maximum atomic E-state index is 11.5. The monoisotopic (exact) mass is 760 g/mol. The normalized spacial score (nSPS) is 53.2. The lowest BCUT2D eigenvalue weighted by atomic mass is 9.51. The smallest absolute Gasteiger partial charge is 0.187 e. The Labute approximate surface area is 309 Å². The standard InChI is InChI=1S/C37H60O16/c1-36-9-3-4-19(36)18-6-5-16-12-17(7-11-37(16,2)20(18)8-10-36)49-35-32(53-34-31(47)28(44)25(41)22(14-39)51-34)29(45)26(42)23(52-35)15-48-33-30(46)27(43)24(40)21(13-38)50-33/h16-17,19,21-35,38-47H,3-15H2,1-2H3/t16?,17-,19-,21+,22+,23+,24+,25-,26+,27-,28-,29-,30+,31+,32+,33+,34-,35+,36-,37-/m0/s1. The van der Waals surface area contributed by atoms with Gasteiger partial charge in [-0.05, 0) is 80.5 Å². The number of aliphatic hydroxyl groups is 10. The Bertz CT molecular complexity index is 1300. The summed E-state index contributed by atoms with van der Waals surface area (Å²) in [6.45, 7) is 3.01. The molecular weight excluding hydrogens is 700 g/mol. The molecule has 16 heteroatoms. The molecule has 7 rings (SSSR count). The molecule has 0 aromatic rings. The molecule has 1 unspecified atom stereocenters. The first kappa shape index (κ1) is 40.3. The minimum absolute atomic E-state index is 0.0501. The fourth-order valence-corrected chi connectivity index (χ4v) is 10.7. The molecule has 2 saturated carbocycles.